The Hall–Kier alpha value is -4.04. The smallest absolute Gasteiger partial charge is 0.414 e. The summed E-state index contributed by atoms with van der Waals surface area (Å²) >= 11 is 1.30. The number of ether oxygens (including phenoxy) is 2. The summed E-state index contributed by atoms with van der Waals surface area (Å²) in [5.41, 5.74) is 2.24. The molecule has 1 aliphatic rings. The van der Waals surface area contributed by atoms with Gasteiger partial charge in [-0.1, -0.05) is 42.5 Å². The van der Waals surface area contributed by atoms with Gasteiger partial charge in [-0.05, 0) is 66.7 Å². The van der Waals surface area contributed by atoms with E-state index in [0.717, 1.165) is 16.9 Å². The van der Waals surface area contributed by atoms with Gasteiger partial charge in [0.05, 0.1) is 22.9 Å². The van der Waals surface area contributed by atoms with Crippen molar-refractivity contribution in [2.24, 2.45) is 4.99 Å². The quantitative estimate of drug-likeness (QED) is 0.402. The van der Waals surface area contributed by atoms with Crippen molar-refractivity contribution in [1.82, 2.24) is 4.90 Å². The third-order valence-corrected chi connectivity index (χ3v) is 5.90. The summed E-state index contributed by atoms with van der Waals surface area (Å²) < 4.78 is 11.1. The number of nitrogens with zero attached hydrogens (tertiary/aromatic N) is 3. The number of thioether (sulfide) groups is 1. The van der Waals surface area contributed by atoms with Crippen LogP contribution < -0.4 is 14.4 Å². The molecule has 1 aliphatic heterocycles. The third kappa shape index (κ3) is 5.73. The minimum atomic E-state index is -0.501. The van der Waals surface area contributed by atoms with E-state index in [-0.39, 0.29) is 5.91 Å². The van der Waals surface area contributed by atoms with Gasteiger partial charge in [0.2, 0.25) is 0 Å². The summed E-state index contributed by atoms with van der Waals surface area (Å²) in [4.78, 5) is 33.7. The maximum atomic E-state index is 13.5. The SMILES string of the molecule is CCOc1cc(C=C2SC(=Nc3ccccc3)N(c3ccccc3)C2=O)ccc1OC(=O)N(C)C. The van der Waals surface area contributed by atoms with E-state index in [1.54, 1.807) is 43.3 Å². The van der Waals surface area contributed by atoms with Crippen LogP contribution in [0.2, 0.25) is 0 Å². The van der Waals surface area contributed by atoms with Crippen molar-refractivity contribution in [2.75, 3.05) is 25.6 Å². The lowest BCUT2D eigenvalue weighted by Crippen LogP contribution is -2.28. The summed E-state index contributed by atoms with van der Waals surface area (Å²) in [5, 5.41) is 0.570. The third-order valence-electron chi connectivity index (χ3n) is 4.93. The summed E-state index contributed by atoms with van der Waals surface area (Å²) in [6.45, 7) is 2.25. The number of rotatable bonds is 6. The van der Waals surface area contributed by atoms with Gasteiger partial charge in [0.15, 0.2) is 16.7 Å². The number of para-hydroxylation sites is 2. The van der Waals surface area contributed by atoms with E-state index in [9.17, 15) is 9.59 Å². The molecule has 3 aromatic rings. The van der Waals surface area contributed by atoms with Crippen molar-refractivity contribution >= 4 is 46.4 Å². The Bertz CT molecular complexity index is 1270. The second-order valence-electron chi connectivity index (χ2n) is 7.72. The van der Waals surface area contributed by atoms with Crippen LogP contribution in [0.3, 0.4) is 0 Å². The van der Waals surface area contributed by atoms with Gasteiger partial charge in [-0.3, -0.25) is 9.69 Å². The second kappa shape index (κ2) is 10.9. The van der Waals surface area contributed by atoms with Crippen LogP contribution in [0.5, 0.6) is 11.5 Å². The summed E-state index contributed by atoms with van der Waals surface area (Å²) in [7, 11) is 3.22. The largest absolute Gasteiger partial charge is 0.490 e. The topological polar surface area (TPSA) is 71.4 Å². The molecule has 0 spiro atoms. The highest BCUT2D eigenvalue weighted by Gasteiger charge is 2.34. The van der Waals surface area contributed by atoms with Gasteiger partial charge in [-0.25, -0.2) is 9.79 Å². The first kappa shape index (κ1) is 24.1. The van der Waals surface area contributed by atoms with E-state index in [4.69, 9.17) is 14.5 Å². The zero-order valence-corrected chi connectivity index (χ0v) is 20.5. The summed E-state index contributed by atoms with van der Waals surface area (Å²) in [6.07, 6.45) is 1.29. The maximum Gasteiger partial charge on any atom is 0.414 e. The molecule has 178 valence electrons. The number of carbonyl (C=O) groups is 2. The molecule has 35 heavy (non-hydrogen) atoms. The molecule has 0 aliphatic carbocycles. The fraction of sp³-hybridized carbons (Fsp3) is 0.148. The monoisotopic (exact) mass is 487 g/mol. The van der Waals surface area contributed by atoms with Crippen LogP contribution in [0.15, 0.2) is 88.8 Å². The first-order chi connectivity index (χ1) is 17.0. The van der Waals surface area contributed by atoms with E-state index < -0.39 is 6.09 Å². The summed E-state index contributed by atoms with van der Waals surface area (Å²) in [6, 6.07) is 24.2. The van der Waals surface area contributed by atoms with E-state index in [0.29, 0.717) is 28.2 Å². The van der Waals surface area contributed by atoms with Crippen molar-refractivity contribution in [3.63, 3.8) is 0 Å². The van der Waals surface area contributed by atoms with Gasteiger partial charge in [0.25, 0.3) is 5.91 Å². The number of amidine groups is 1. The van der Waals surface area contributed by atoms with Gasteiger partial charge in [0, 0.05) is 14.1 Å². The van der Waals surface area contributed by atoms with E-state index in [1.807, 2.05) is 67.6 Å². The molecule has 8 heteroatoms. The molecule has 1 heterocycles. The van der Waals surface area contributed by atoms with Crippen LogP contribution >= 0.6 is 11.8 Å². The minimum Gasteiger partial charge on any atom is -0.490 e. The molecule has 0 aromatic heterocycles. The van der Waals surface area contributed by atoms with E-state index in [1.165, 1.54) is 16.7 Å². The molecule has 4 rings (SSSR count). The standard InChI is InChI=1S/C27H25N3O4S/c1-4-33-23-17-19(15-16-22(23)34-27(32)29(2)3)18-24-25(31)30(21-13-9-6-10-14-21)26(35-24)28-20-11-7-5-8-12-20/h5-18H,4H2,1-3H3. The highest BCUT2D eigenvalue weighted by Crippen LogP contribution is 2.38. The second-order valence-corrected chi connectivity index (χ2v) is 8.73. The first-order valence-corrected chi connectivity index (χ1v) is 11.9. The Labute approximate surface area is 208 Å². The average Bonchev–Trinajstić information content (AvgIpc) is 3.16. The fourth-order valence-electron chi connectivity index (χ4n) is 3.27. The van der Waals surface area contributed by atoms with Gasteiger partial charge in [-0.2, -0.15) is 0 Å². The fourth-order valence-corrected chi connectivity index (χ4v) is 4.27. The zero-order chi connectivity index (χ0) is 24.8. The van der Waals surface area contributed by atoms with Crippen LogP contribution in [0.4, 0.5) is 16.2 Å². The molecule has 3 aromatic carbocycles. The van der Waals surface area contributed by atoms with Crippen LogP contribution in [-0.2, 0) is 4.79 Å². The van der Waals surface area contributed by atoms with Crippen LogP contribution in [0.1, 0.15) is 12.5 Å². The molecular formula is C27H25N3O4S. The predicted octanol–water partition coefficient (Wildman–Crippen LogP) is 5.95. The van der Waals surface area contributed by atoms with Crippen LogP contribution in [0, 0.1) is 0 Å². The molecule has 0 saturated carbocycles. The minimum absolute atomic E-state index is 0.169. The van der Waals surface area contributed by atoms with Crippen molar-refractivity contribution in [3.05, 3.63) is 89.3 Å². The molecule has 7 nitrogen and oxygen atoms in total. The molecular weight excluding hydrogens is 462 g/mol. The highest BCUT2D eigenvalue weighted by atomic mass is 32.2. The molecule has 2 amide bonds. The molecule has 1 fully saturated rings. The number of carbonyl (C=O) groups excluding carboxylic acids is 2. The molecule has 1 saturated heterocycles. The normalized spacial score (nSPS) is 15.5. The molecule has 0 radical (unpaired) electrons. The lowest BCUT2D eigenvalue weighted by molar-refractivity contribution is -0.113. The van der Waals surface area contributed by atoms with E-state index in [2.05, 4.69) is 0 Å². The van der Waals surface area contributed by atoms with Gasteiger partial charge < -0.3 is 14.4 Å². The lowest BCUT2D eigenvalue weighted by atomic mass is 10.1. The van der Waals surface area contributed by atoms with Crippen molar-refractivity contribution in [2.45, 2.75) is 6.92 Å². The molecule has 0 atom stereocenters. The van der Waals surface area contributed by atoms with E-state index >= 15 is 0 Å². The summed E-state index contributed by atoms with van der Waals surface area (Å²) in [5.74, 6) is 0.567. The highest BCUT2D eigenvalue weighted by molar-refractivity contribution is 8.19. The number of benzene rings is 3. The van der Waals surface area contributed by atoms with Gasteiger partial charge in [-0.15, -0.1) is 0 Å². The number of hydrogen-bond acceptors (Lipinski definition) is 6. The predicted molar refractivity (Wildman–Crippen MR) is 140 cm³/mol. The van der Waals surface area contributed by atoms with Crippen molar-refractivity contribution < 1.29 is 19.1 Å². The lowest BCUT2D eigenvalue weighted by Gasteiger charge is -2.15. The van der Waals surface area contributed by atoms with Crippen molar-refractivity contribution in [1.29, 1.82) is 0 Å². The van der Waals surface area contributed by atoms with Crippen LogP contribution in [-0.4, -0.2) is 42.8 Å². The van der Waals surface area contributed by atoms with Crippen LogP contribution in [0.25, 0.3) is 6.08 Å². The van der Waals surface area contributed by atoms with Gasteiger partial charge >= 0.3 is 6.09 Å². The number of anilines is 1. The molecule has 0 unspecified atom stereocenters. The maximum absolute atomic E-state index is 13.5. The Morgan fingerprint density at radius 1 is 1.00 bits per heavy atom. The number of aliphatic imine (C=N–C) groups is 1. The Balaban J connectivity index is 1.70. The molecule has 0 bridgehead atoms. The van der Waals surface area contributed by atoms with Gasteiger partial charge in [0.1, 0.15) is 0 Å². The average molecular weight is 488 g/mol. The number of hydrogen-bond donors (Lipinski definition) is 0. The Morgan fingerprint density at radius 3 is 2.34 bits per heavy atom. The molecule has 0 N–H and O–H groups in total. The Kier molecular flexibility index (Phi) is 7.52. The zero-order valence-electron chi connectivity index (χ0n) is 19.7. The van der Waals surface area contributed by atoms with Crippen molar-refractivity contribution in [3.8, 4) is 11.5 Å². The number of amides is 2. The Morgan fingerprint density at radius 2 is 1.69 bits per heavy atom. The first-order valence-electron chi connectivity index (χ1n) is 11.0.